The first kappa shape index (κ1) is 16.4. The van der Waals surface area contributed by atoms with Crippen molar-refractivity contribution in [3.63, 3.8) is 0 Å². The summed E-state index contributed by atoms with van der Waals surface area (Å²) in [5, 5.41) is 3.40. The molecule has 0 bridgehead atoms. The van der Waals surface area contributed by atoms with E-state index < -0.39 is 0 Å². The standard InChI is InChI=1S/C15H30N2O2/c1-5-7-12(3)17(4)11-10-14(15(18)19-6-2)16-13-8-9-13/h12-14,16H,5-11H2,1-4H3. The fraction of sp³-hybridized carbons (Fsp3) is 0.933. The van der Waals surface area contributed by atoms with Crippen molar-refractivity contribution in [1.82, 2.24) is 10.2 Å². The topological polar surface area (TPSA) is 41.6 Å². The number of esters is 1. The summed E-state index contributed by atoms with van der Waals surface area (Å²) < 4.78 is 5.15. The Bertz CT molecular complexity index is 267. The average Bonchev–Trinajstić information content (AvgIpc) is 3.18. The minimum atomic E-state index is -0.135. The molecule has 0 aromatic carbocycles. The molecule has 2 atom stereocenters. The maximum atomic E-state index is 11.9. The lowest BCUT2D eigenvalue weighted by atomic mass is 10.1. The zero-order valence-electron chi connectivity index (χ0n) is 12.9. The molecule has 0 saturated heterocycles. The van der Waals surface area contributed by atoms with Gasteiger partial charge in [-0.1, -0.05) is 13.3 Å². The second-order valence-corrected chi connectivity index (χ2v) is 5.65. The first-order valence-electron chi connectivity index (χ1n) is 7.71. The molecular weight excluding hydrogens is 240 g/mol. The molecule has 0 radical (unpaired) electrons. The Hall–Kier alpha value is -0.610. The van der Waals surface area contributed by atoms with E-state index in [2.05, 4.69) is 31.1 Å². The molecule has 0 aliphatic heterocycles. The van der Waals surface area contributed by atoms with E-state index >= 15 is 0 Å². The van der Waals surface area contributed by atoms with Gasteiger partial charge in [-0.05, 0) is 46.6 Å². The van der Waals surface area contributed by atoms with Crippen LogP contribution in [0.3, 0.4) is 0 Å². The predicted molar refractivity (Wildman–Crippen MR) is 78.2 cm³/mol. The molecule has 112 valence electrons. The Morgan fingerprint density at radius 3 is 2.58 bits per heavy atom. The number of nitrogens with one attached hydrogen (secondary N) is 1. The van der Waals surface area contributed by atoms with Crippen LogP contribution in [-0.4, -0.2) is 49.2 Å². The molecule has 2 unspecified atom stereocenters. The van der Waals surface area contributed by atoms with Crippen molar-refractivity contribution < 1.29 is 9.53 Å². The van der Waals surface area contributed by atoms with E-state index in [9.17, 15) is 4.79 Å². The highest BCUT2D eigenvalue weighted by Gasteiger charge is 2.29. The molecule has 0 aromatic heterocycles. The van der Waals surface area contributed by atoms with Crippen LogP contribution >= 0.6 is 0 Å². The Kier molecular flexibility index (Phi) is 7.39. The lowest BCUT2D eigenvalue weighted by Gasteiger charge is -2.26. The highest BCUT2D eigenvalue weighted by atomic mass is 16.5. The van der Waals surface area contributed by atoms with Crippen molar-refractivity contribution in [2.45, 2.75) is 71.0 Å². The minimum Gasteiger partial charge on any atom is -0.465 e. The van der Waals surface area contributed by atoms with Gasteiger partial charge < -0.3 is 15.0 Å². The molecule has 0 amide bonds. The van der Waals surface area contributed by atoms with E-state index in [4.69, 9.17) is 4.74 Å². The van der Waals surface area contributed by atoms with Crippen LogP contribution in [0.25, 0.3) is 0 Å². The number of hydrogen-bond acceptors (Lipinski definition) is 4. The highest BCUT2D eigenvalue weighted by Crippen LogP contribution is 2.20. The molecule has 1 aliphatic carbocycles. The van der Waals surface area contributed by atoms with E-state index in [1.807, 2.05) is 6.92 Å². The van der Waals surface area contributed by atoms with Gasteiger partial charge in [-0.2, -0.15) is 0 Å². The van der Waals surface area contributed by atoms with Gasteiger partial charge in [-0.15, -0.1) is 0 Å². The fourth-order valence-corrected chi connectivity index (χ4v) is 2.24. The maximum absolute atomic E-state index is 11.9. The van der Waals surface area contributed by atoms with Crippen LogP contribution in [0, 0.1) is 0 Å². The van der Waals surface area contributed by atoms with Crippen molar-refractivity contribution in [3.05, 3.63) is 0 Å². The summed E-state index contributed by atoms with van der Waals surface area (Å²) in [4.78, 5) is 14.2. The van der Waals surface area contributed by atoms with Crippen LogP contribution in [0.15, 0.2) is 0 Å². The summed E-state index contributed by atoms with van der Waals surface area (Å²) in [6.45, 7) is 7.72. The number of hydrogen-bond donors (Lipinski definition) is 1. The third kappa shape index (κ3) is 6.39. The van der Waals surface area contributed by atoms with Crippen LogP contribution in [0.2, 0.25) is 0 Å². The number of carbonyl (C=O) groups excluding carboxylic acids is 1. The molecule has 4 heteroatoms. The normalized spacial score (nSPS) is 18.4. The predicted octanol–water partition coefficient (Wildman–Crippen LogP) is 2.18. The summed E-state index contributed by atoms with van der Waals surface area (Å²) in [6.07, 6.45) is 5.62. The summed E-state index contributed by atoms with van der Waals surface area (Å²) >= 11 is 0. The zero-order valence-corrected chi connectivity index (χ0v) is 12.9. The van der Waals surface area contributed by atoms with Crippen LogP contribution in [0.1, 0.15) is 52.9 Å². The number of ether oxygens (including phenoxy) is 1. The second-order valence-electron chi connectivity index (χ2n) is 5.65. The van der Waals surface area contributed by atoms with Crippen molar-refractivity contribution in [2.24, 2.45) is 0 Å². The van der Waals surface area contributed by atoms with Gasteiger partial charge in [0, 0.05) is 18.6 Å². The quantitative estimate of drug-likeness (QED) is 0.618. The van der Waals surface area contributed by atoms with E-state index in [0.717, 1.165) is 13.0 Å². The maximum Gasteiger partial charge on any atom is 0.323 e. The van der Waals surface area contributed by atoms with Crippen molar-refractivity contribution in [3.8, 4) is 0 Å². The first-order chi connectivity index (χ1) is 9.08. The monoisotopic (exact) mass is 270 g/mol. The Morgan fingerprint density at radius 2 is 2.05 bits per heavy atom. The molecule has 0 aromatic rings. The first-order valence-corrected chi connectivity index (χ1v) is 7.71. The van der Waals surface area contributed by atoms with Gasteiger partial charge in [0.15, 0.2) is 0 Å². The lowest BCUT2D eigenvalue weighted by Crippen LogP contribution is -2.42. The number of nitrogens with zero attached hydrogens (tertiary/aromatic N) is 1. The van der Waals surface area contributed by atoms with Crippen LogP contribution in [-0.2, 0) is 9.53 Å². The van der Waals surface area contributed by atoms with E-state index in [1.165, 1.54) is 25.7 Å². The summed E-state index contributed by atoms with van der Waals surface area (Å²) in [7, 11) is 2.14. The van der Waals surface area contributed by atoms with E-state index in [1.54, 1.807) is 0 Å². The Morgan fingerprint density at radius 1 is 1.37 bits per heavy atom. The molecule has 1 aliphatic rings. The van der Waals surface area contributed by atoms with Crippen molar-refractivity contribution >= 4 is 5.97 Å². The molecule has 1 saturated carbocycles. The fourth-order valence-electron chi connectivity index (χ4n) is 2.24. The van der Waals surface area contributed by atoms with Gasteiger partial charge in [0.25, 0.3) is 0 Å². The van der Waals surface area contributed by atoms with Crippen LogP contribution in [0.4, 0.5) is 0 Å². The van der Waals surface area contributed by atoms with Gasteiger partial charge in [0.1, 0.15) is 6.04 Å². The van der Waals surface area contributed by atoms with Gasteiger partial charge in [-0.25, -0.2) is 0 Å². The molecule has 0 spiro atoms. The molecule has 4 nitrogen and oxygen atoms in total. The summed E-state index contributed by atoms with van der Waals surface area (Å²) in [6, 6.07) is 0.977. The molecule has 1 rings (SSSR count). The van der Waals surface area contributed by atoms with Gasteiger partial charge in [0.05, 0.1) is 6.61 Å². The van der Waals surface area contributed by atoms with Gasteiger partial charge in [-0.3, -0.25) is 4.79 Å². The summed E-state index contributed by atoms with van der Waals surface area (Å²) in [5.74, 6) is -0.0917. The zero-order chi connectivity index (χ0) is 14.3. The average molecular weight is 270 g/mol. The molecule has 19 heavy (non-hydrogen) atoms. The summed E-state index contributed by atoms with van der Waals surface area (Å²) in [5.41, 5.74) is 0. The lowest BCUT2D eigenvalue weighted by molar-refractivity contribution is -0.146. The Balaban J connectivity index is 2.36. The molecule has 0 heterocycles. The van der Waals surface area contributed by atoms with Crippen molar-refractivity contribution in [2.75, 3.05) is 20.2 Å². The van der Waals surface area contributed by atoms with Crippen molar-refractivity contribution in [1.29, 1.82) is 0 Å². The van der Waals surface area contributed by atoms with E-state index in [-0.39, 0.29) is 12.0 Å². The minimum absolute atomic E-state index is 0.0917. The molecular formula is C15H30N2O2. The highest BCUT2D eigenvalue weighted by molar-refractivity contribution is 5.75. The smallest absolute Gasteiger partial charge is 0.323 e. The Labute approximate surface area is 117 Å². The van der Waals surface area contributed by atoms with Gasteiger partial charge >= 0.3 is 5.97 Å². The van der Waals surface area contributed by atoms with Crippen LogP contribution in [0.5, 0.6) is 0 Å². The largest absolute Gasteiger partial charge is 0.465 e. The number of carbonyl (C=O) groups is 1. The van der Waals surface area contributed by atoms with E-state index in [0.29, 0.717) is 18.7 Å². The SMILES string of the molecule is CCCC(C)N(C)CCC(NC1CC1)C(=O)OCC. The molecule has 1 fully saturated rings. The third-order valence-corrected chi connectivity index (χ3v) is 3.81. The number of rotatable bonds is 10. The van der Waals surface area contributed by atoms with Crippen LogP contribution < -0.4 is 5.32 Å². The van der Waals surface area contributed by atoms with Gasteiger partial charge in [0.2, 0.25) is 0 Å². The third-order valence-electron chi connectivity index (χ3n) is 3.81. The molecule has 1 N–H and O–H groups in total. The second kappa shape index (κ2) is 8.54.